The van der Waals surface area contributed by atoms with Crippen LogP contribution in [0.4, 0.5) is 0 Å². The van der Waals surface area contributed by atoms with Crippen LogP contribution in [0.2, 0.25) is 0 Å². The topological polar surface area (TPSA) is 78.2 Å². The zero-order chi connectivity index (χ0) is 19.9. The normalized spacial score (nSPS) is 10.5. The van der Waals surface area contributed by atoms with Gasteiger partial charge in [0.25, 0.3) is 5.91 Å². The minimum absolute atomic E-state index is 0.123. The van der Waals surface area contributed by atoms with E-state index in [1.807, 2.05) is 24.3 Å². The molecule has 0 aliphatic rings. The Morgan fingerprint density at radius 1 is 0.964 bits per heavy atom. The van der Waals surface area contributed by atoms with Gasteiger partial charge in [-0.05, 0) is 42.5 Å². The third-order valence-corrected chi connectivity index (χ3v) is 4.14. The maximum atomic E-state index is 12.2. The van der Waals surface area contributed by atoms with Crippen LogP contribution in [-0.2, 0) is 4.79 Å². The lowest BCUT2D eigenvalue weighted by atomic mass is 10.2. The number of rotatable bonds is 8. The highest BCUT2D eigenvalue weighted by Crippen LogP contribution is 2.19. The van der Waals surface area contributed by atoms with Crippen LogP contribution in [0.25, 0.3) is 11.0 Å². The molecule has 1 aromatic heterocycles. The fraction of sp³-hybridized carbons (Fsp3) is 0.238. The number of carbonyl (C=O) groups is 1. The molecule has 7 nitrogen and oxygen atoms in total. The standard InChI is InChI=1S/C21H21NO6/c1-22(11-12-26-17-8-6-16(25-2)7-9-17)20(23)14-27-18-5-3-15-4-10-21(24)28-19(15)13-18/h3-10,13H,11-12,14H2,1-2H3. The van der Waals surface area contributed by atoms with Crippen molar-refractivity contribution in [3.63, 3.8) is 0 Å². The Morgan fingerprint density at radius 2 is 1.64 bits per heavy atom. The number of likely N-dealkylation sites (N-methyl/N-ethyl adjacent to an activating group) is 1. The first kappa shape index (κ1) is 19.3. The molecule has 0 aliphatic carbocycles. The van der Waals surface area contributed by atoms with Gasteiger partial charge in [-0.3, -0.25) is 4.79 Å². The third kappa shape index (κ3) is 5.03. The van der Waals surface area contributed by atoms with Crippen molar-refractivity contribution in [3.8, 4) is 17.2 Å². The van der Waals surface area contributed by atoms with E-state index >= 15 is 0 Å². The number of methoxy groups -OCH3 is 1. The molecule has 0 bridgehead atoms. The first-order chi connectivity index (χ1) is 13.5. The van der Waals surface area contributed by atoms with Gasteiger partial charge >= 0.3 is 5.63 Å². The van der Waals surface area contributed by atoms with Crippen LogP contribution < -0.4 is 19.8 Å². The van der Waals surface area contributed by atoms with Crippen LogP contribution in [0.1, 0.15) is 0 Å². The lowest BCUT2D eigenvalue weighted by Crippen LogP contribution is -2.34. The molecule has 0 saturated carbocycles. The number of benzene rings is 2. The summed E-state index contributed by atoms with van der Waals surface area (Å²) in [4.78, 5) is 25.0. The molecular formula is C21H21NO6. The smallest absolute Gasteiger partial charge is 0.336 e. The van der Waals surface area contributed by atoms with E-state index in [2.05, 4.69) is 0 Å². The first-order valence-electron chi connectivity index (χ1n) is 8.73. The zero-order valence-corrected chi connectivity index (χ0v) is 15.7. The summed E-state index contributed by atoms with van der Waals surface area (Å²) in [6, 6.07) is 15.4. The van der Waals surface area contributed by atoms with Crippen molar-refractivity contribution >= 4 is 16.9 Å². The van der Waals surface area contributed by atoms with Gasteiger partial charge in [0.15, 0.2) is 6.61 Å². The summed E-state index contributed by atoms with van der Waals surface area (Å²) >= 11 is 0. The number of ether oxygens (including phenoxy) is 3. The third-order valence-electron chi connectivity index (χ3n) is 4.14. The molecule has 0 saturated heterocycles. The van der Waals surface area contributed by atoms with E-state index in [-0.39, 0.29) is 12.5 Å². The van der Waals surface area contributed by atoms with Crippen molar-refractivity contribution in [2.75, 3.05) is 33.9 Å². The maximum Gasteiger partial charge on any atom is 0.336 e. The Bertz CT molecular complexity index is 996. The number of carbonyl (C=O) groups excluding carboxylic acids is 1. The number of fused-ring (bicyclic) bond motifs is 1. The molecule has 1 amide bonds. The van der Waals surface area contributed by atoms with E-state index in [9.17, 15) is 9.59 Å². The second-order valence-electron chi connectivity index (χ2n) is 6.08. The molecule has 2 aromatic carbocycles. The molecule has 0 aliphatic heterocycles. The molecule has 1 heterocycles. The average Bonchev–Trinajstić information content (AvgIpc) is 2.72. The summed E-state index contributed by atoms with van der Waals surface area (Å²) in [6.45, 7) is 0.651. The highest BCUT2D eigenvalue weighted by atomic mass is 16.5. The van der Waals surface area contributed by atoms with E-state index in [1.54, 1.807) is 38.4 Å². The molecule has 3 rings (SSSR count). The lowest BCUT2D eigenvalue weighted by molar-refractivity contribution is -0.132. The maximum absolute atomic E-state index is 12.2. The van der Waals surface area contributed by atoms with Crippen molar-refractivity contribution in [1.82, 2.24) is 4.90 Å². The number of amides is 1. The summed E-state index contributed by atoms with van der Waals surface area (Å²) in [6.07, 6.45) is 0. The molecule has 0 unspecified atom stereocenters. The van der Waals surface area contributed by atoms with Crippen LogP contribution in [-0.4, -0.2) is 44.7 Å². The highest BCUT2D eigenvalue weighted by molar-refractivity contribution is 5.79. The monoisotopic (exact) mass is 383 g/mol. The Balaban J connectivity index is 1.46. The number of hydrogen-bond acceptors (Lipinski definition) is 6. The van der Waals surface area contributed by atoms with Gasteiger partial charge in [0.2, 0.25) is 0 Å². The van der Waals surface area contributed by atoms with E-state index in [0.717, 1.165) is 11.1 Å². The molecule has 0 fully saturated rings. The average molecular weight is 383 g/mol. The van der Waals surface area contributed by atoms with Crippen LogP contribution in [0.3, 0.4) is 0 Å². The Labute approximate surface area is 162 Å². The van der Waals surface area contributed by atoms with E-state index < -0.39 is 5.63 Å². The summed E-state index contributed by atoms with van der Waals surface area (Å²) in [7, 11) is 3.29. The Kier molecular flexibility index (Phi) is 6.16. The van der Waals surface area contributed by atoms with E-state index in [1.165, 1.54) is 11.0 Å². The van der Waals surface area contributed by atoms with Gasteiger partial charge in [-0.2, -0.15) is 0 Å². The highest BCUT2D eigenvalue weighted by Gasteiger charge is 2.10. The van der Waals surface area contributed by atoms with Gasteiger partial charge < -0.3 is 23.5 Å². The summed E-state index contributed by atoms with van der Waals surface area (Å²) in [5.74, 6) is 1.73. The quantitative estimate of drug-likeness (QED) is 0.557. The molecular weight excluding hydrogens is 362 g/mol. The van der Waals surface area contributed by atoms with Gasteiger partial charge in [0.1, 0.15) is 29.4 Å². The van der Waals surface area contributed by atoms with Gasteiger partial charge in [-0.25, -0.2) is 4.79 Å². The molecule has 146 valence electrons. The summed E-state index contributed by atoms with van der Waals surface area (Å²) in [5.41, 5.74) is -0.0176. The molecule has 0 atom stereocenters. The second-order valence-corrected chi connectivity index (χ2v) is 6.08. The fourth-order valence-corrected chi connectivity index (χ4v) is 2.48. The fourth-order valence-electron chi connectivity index (χ4n) is 2.48. The van der Waals surface area contributed by atoms with Crippen LogP contribution in [0, 0.1) is 0 Å². The molecule has 0 radical (unpaired) electrons. The van der Waals surface area contributed by atoms with E-state index in [0.29, 0.717) is 30.2 Å². The minimum atomic E-state index is -0.433. The van der Waals surface area contributed by atoms with Gasteiger partial charge in [0, 0.05) is 24.6 Å². The predicted octanol–water partition coefficient (Wildman–Crippen LogP) is 2.72. The van der Waals surface area contributed by atoms with Crippen LogP contribution in [0.15, 0.2) is 63.8 Å². The molecule has 3 aromatic rings. The zero-order valence-electron chi connectivity index (χ0n) is 15.7. The van der Waals surface area contributed by atoms with Crippen molar-refractivity contribution in [3.05, 3.63) is 65.0 Å². The van der Waals surface area contributed by atoms with Gasteiger partial charge in [0.05, 0.1) is 13.7 Å². The Morgan fingerprint density at radius 3 is 2.39 bits per heavy atom. The van der Waals surface area contributed by atoms with Crippen LogP contribution >= 0.6 is 0 Å². The lowest BCUT2D eigenvalue weighted by Gasteiger charge is -2.18. The predicted molar refractivity (Wildman–Crippen MR) is 104 cm³/mol. The molecule has 7 heteroatoms. The van der Waals surface area contributed by atoms with Crippen molar-refractivity contribution in [2.24, 2.45) is 0 Å². The summed E-state index contributed by atoms with van der Waals surface area (Å²) < 4.78 is 21.3. The minimum Gasteiger partial charge on any atom is -0.497 e. The van der Waals surface area contributed by atoms with Gasteiger partial charge in [-0.15, -0.1) is 0 Å². The number of nitrogens with zero attached hydrogens (tertiary/aromatic N) is 1. The molecule has 28 heavy (non-hydrogen) atoms. The largest absolute Gasteiger partial charge is 0.497 e. The molecule has 0 N–H and O–H groups in total. The van der Waals surface area contributed by atoms with E-state index in [4.69, 9.17) is 18.6 Å². The van der Waals surface area contributed by atoms with Crippen molar-refractivity contribution in [2.45, 2.75) is 0 Å². The molecule has 0 spiro atoms. The SMILES string of the molecule is COc1ccc(OCCN(C)C(=O)COc2ccc3ccc(=O)oc3c2)cc1. The number of hydrogen-bond donors (Lipinski definition) is 0. The van der Waals surface area contributed by atoms with Gasteiger partial charge in [-0.1, -0.05) is 0 Å². The summed E-state index contributed by atoms with van der Waals surface area (Å²) in [5, 5.41) is 0.783. The van der Waals surface area contributed by atoms with Crippen molar-refractivity contribution < 1.29 is 23.4 Å². The first-order valence-corrected chi connectivity index (χ1v) is 8.73. The van der Waals surface area contributed by atoms with Crippen LogP contribution in [0.5, 0.6) is 17.2 Å². The Hall–Kier alpha value is -3.48. The van der Waals surface area contributed by atoms with Crippen molar-refractivity contribution in [1.29, 1.82) is 0 Å². The second kappa shape index (κ2) is 8.94.